The molecule has 0 saturated heterocycles. The molecule has 2 heterocycles. The number of hydrogen-bond acceptors (Lipinski definition) is 2. The van der Waals surface area contributed by atoms with E-state index in [4.69, 9.17) is 0 Å². The third-order valence-corrected chi connectivity index (χ3v) is 3.13. The fourth-order valence-electron chi connectivity index (χ4n) is 1.91. The van der Waals surface area contributed by atoms with Crippen molar-refractivity contribution in [2.75, 3.05) is 6.54 Å². The average molecular weight is 273 g/mol. The molecule has 1 N–H and O–H groups in total. The van der Waals surface area contributed by atoms with Crippen molar-refractivity contribution in [3.8, 4) is 0 Å². The van der Waals surface area contributed by atoms with Gasteiger partial charge >= 0.3 is 0 Å². The molecule has 0 unspecified atom stereocenters. The molecule has 0 saturated carbocycles. The summed E-state index contributed by atoms with van der Waals surface area (Å²) in [6, 6.07) is 4.09. The molecule has 1 amide bonds. The summed E-state index contributed by atoms with van der Waals surface area (Å²) in [6.07, 6.45) is 10.9. The van der Waals surface area contributed by atoms with Crippen LogP contribution in [0.1, 0.15) is 18.4 Å². The van der Waals surface area contributed by atoms with Crippen LogP contribution in [0.15, 0.2) is 43.2 Å². The van der Waals surface area contributed by atoms with Gasteiger partial charge in [-0.3, -0.25) is 4.79 Å². The van der Waals surface area contributed by atoms with Gasteiger partial charge in [0, 0.05) is 37.6 Å². The van der Waals surface area contributed by atoms with Crippen LogP contribution < -0.4 is 9.88 Å². The van der Waals surface area contributed by atoms with Crippen LogP contribution in [0.3, 0.4) is 0 Å². The molecule has 0 fully saturated rings. The molecule has 0 atom stereocenters. The Labute approximate surface area is 119 Å². The minimum atomic E-state index is 0.101. The minimum Gasteiger partial charge on any atom is -0.356 e. The Hall–Kier alpha value is -2.17. The Bertz CT molecular complexity index is 519. The van der Waals surface area contributed by atoms with E-state index in [2.05, 4.69) is 17.2 Å². The van der Waals surface area contributed by atoms with Gasteiger partial charge in [-0.25, -0.2) is 9.55 Å². The van der Waals surface area contributed by atoms with E-state index in [0.717, 1.165) is 13.0 Å². The lowest BCUT2D eigenvalue weighted by Crippen LogP contribution is -2.36. The summed E-state index contributed by atoms with van der Waals surface area (Å²) >= 11 is 0. The first-order valence-corrected chi connectivity index (χ1v) is 6.92. The maximum atomic E-state index is 11.7. The van der Waals surface area contributed by atoms with E-state index in [1.54, 1.807) is 12.5 Å². The molecule has 2 rings (SSSR count). The van der Waals surface area contributed by atoms with E-state index >= 15 is 0 Å². The van der Waals surface area contributed by atoms with Gasteiger partial charge in [-0.05, 0) is 18.9 Å². The Balaban J connectivity index is 1.59. The van der Waals surface area contributed by atoms with E-state index in [1.165, 1.54) is 5.56 Å². The zero-order valence-electron chi connectivity index (χ0n) is 11.8. The minimum absolute atomic E-state index is 0.101. The van der Waals surface area contributed by atoms with Crippen molar-refractivity contribution in [2.24, 2.45) is 0 Å². The lowest BCUT2D eigenvalue weighted by molar-refractivity contribution is -0.695. The second-order valence-corrected chi connectivity index (χ2v) is 4.87. The molecule has 20 heavy (non-hydrogen) atoms. The van der Waals surface area contributed by atoms with E-state index < -0.39 is 0 Å². The van der Waals surface area contributed by atoms with Crippen molar-refractivity contribution >= 4 is 5.91 Å². The zero-order chi connectivity index (χ0) is 14.2. The molecule has 0 aliphatic rings. The van der Waals surface area contributed by atoms with Gasteiger partial charge in [-0.15, -0.1) is 0 Å². The first-order chi connectivity index (χ1) is 9.74. The van der Waals surface area contributed by atoms with E-state index in [-0.39, 0.29) is 5.91 Å². The van der Waals surface area contributed by atoms with E-state index in [0.29, 0.717) is 19.5 Å². The molecule has 0 aliphatic carbocycles. The SMILES string of the molecule is Cc1cc[n+](CCC(=O)NCCCn2ccnc2)cc1. The number of nitrogens with zero attached hydrogens (tertiary/aromatic N) is 3. The fourth-order valence-corrected chi connectivity index (χ4v) is 1.91. The monoisotopic (exact) mass is 273 g/mol. The molecule has 0 radical (unpaired) electrons. The maximum absolute atomic E-state index is 11.7. The third kappa shape index (κ3) is 4.84. The molecule has 5 heteroatoms. The van der Waals surface area contributed by atoms with Crippen molar-refractivity contribution < 1.29 is 9.36 Å². The zero-order valence-corrected chi connectivity index (χ0v) is 11.8. The van der Waals surface area contributed by atoms with Crippen molar-refractivity contribution in [1.82, 2.24) is 14.9 Å². The van der Waals surface area contributed by atoms with Gasteiger partial charge < -0.3 is 9.88 Å². The average Bonchev–Trinajstić information content (AvgIpc) is 2.96. The molecular weight excluding hydrogens is 252 g/mol. The van der Waals surface area contributed by atoms with Crippen LogP contribution in [0.5, 0.6) is 0 Å². The first kappa shape index (κ1) is 14.2. The summed E-state index contributed by atoms with van der Waals surface area (Å²) in [5.74, 6) is 0.101. The van der Waals surface area contributed by atoms with Crippen molar-refractivity contribution in [3.05, 3.63) is 48.8 Å². The van der Waals surface area contributed by atoms with Crippen LogP contribution in [0.25, 0.3) is 0 Å². The predicted molar refractivity (Wildman–Crippen MR) is 75.8 cm³/mol. The van der Waals surface area contributed by atoms with E-state index in [1.807, 2.05) is 39.9 Å². The number of rotatable bonds is 7. The molecule has 5 nitrogen and oxygen atoms in total. The summed E-state index contributed by atoms with van der Waals surface area (Å²) in [5, 5.41) is 2.94. The quantitative estimate of drug-likeness (QED) is 0.606. The molecule has 0 spiro atoms. The van der Waals surface area contributed by atoms with Crippen LogP contribution in [0.4, 0.5) is 0 Å². The smallest absolute Gasteiger partial charge is 0.226 e. The summed E-state index contributed by atoms with van der Waals surface area (Å²) in [5.41, 5.74) is 1.23. The number of amides is 1. The molecular formula is C15H21N4O+. The van der Waals surface area contributed by atoms with Gasteiger partial charge in [0.2, 0.25) is 5.91 Å². The van der Waals surface area contributed by atoms with Crippen LogP contribution in [0, 0.1) is 6.92 Å². The second kappa shape index (κ2) is 7.43. The Morgan fingerprint density at radius 2 is 2.20 bits per heavy atom. The highest BCUT2D eigenvalue weighted by Gasteiger charge is 2.05. The summed E-state index contributed by atoms with van der Waals surface area (Å²) < 4.78 is 4.03. The van der Waals surface area contributed by atoms with E-state index in [9.17, 15) is 4.79 Å². The second-order valence-electron chi connectivity index (χ2n) is 4.87. The van der Waals surface area contributed by atoms with Gasteiger partial charge in [-0.2, -0.15) is 0 Å². The van der Waals surface area contributed by atoms with Gasteiger partial charge in [0.05, 0.1) is 12.7 Å². The summed E-state index contributed by atoms with van der Waals surface area (Å²) in [7, 11) is 0. The molecule has 2 aromatic heterocycles. The highest BCUT2D eigenvalue weighted by atomic mass is 16.1. The van der Waals surface area contributed by atoms with Crippen molar-refractivity contribution in [3.63, 3.8) is 0 Å². The number of imidazole rings is 1. The molecule has 0 aliphatic heterocycles. The topological polar surface area (TPSA) is 50.8 Å². The number of carbonyl (C=O) groups excluding carboxylic acids is 1. The van der Waals surface area contributed by atoms with Crippen molar-refractivity contribution in [2.45, 2.75) is 32.9 Å². The predicted octanol–water partition coefficient (Wildman–Crippen LogP) is 1.08. The molecule has 106 valence electrons. The number of aromatic nitrogens is 3. The van der Waals surface area contributed by atoms with Crippen LogP contribution in [0.2, 0.25) is 0 Å². The summed E-state index contributed by atoms with van der Waals surface area (Å²) in [6.45, 7) is 4.35. The number of pyridine rings is 1. The van der Waals surface area contributed by atoms with Crippen molar-refractivity contribution in [1.29, 1.82) is 0 Å². The summed E-state index contributed by atoms with van der Waals surface area (Å²) in [4.78, 5) is 15.7. The Kier molecular flexibility index (Phi) is 5.29. The lowest BCUT2D eigenvalue weighted by Gasteiger charge is -2.04. The maximum Gasteiger partial charge on any atom is 0.226 e. The number of aryl methyl sites for hydroxylation is 3. The Morgan fingerprint density at radius 1 is 1.40 bits per heavy atom. The molecule has 0 aromatic carbocycles. The number of hydrogen-bond donors (Lipinski definition) is 1. The van der Waals surface area contributed by atoms with Crippen LogP contribution in [-0.4, -0.2) is 22.0 Å². The van der Waals surface area contributed by atoms with Gasteiger partial charge in [0.25, 0.3) is 0 Å². The standard InChI is InChI=1S/C15H20N4O/c1-14-3-9-18(10-4-14)11-5-15(20)17-6-2-8-19-12-7-16-13-19/h3-4,7,9-10,12-13H,2,5-6,8,11H2,1H3/p+1. The fraction of sp³-hybridized carbons (Fsp3) is 0.400. The van der Waals surface area contributed by atoms with Crippen LogP contribution in [-0.2, 0) is 17.9 Å². The lowest BCUT2D eigenvalue weighted by atomic mass is 10.3. The van der Waals surface area contributed by atoms with Gasteiger partial charge in [0.1, 0.15) is 0 Å². The molecule has 0 bridgehead atoms. The number of nitrogens with one attached hydrogen (secondary N) is 1. The first-order valence-electron chi connectivity index (χ1n) is 6.92. The third-order valence-electron chi connectivity index (χ3n) is 3.13. The largest absolute Gasteiger partial charge is 0.356 e. The normalized spacial score (nSPS) is 10.4. The highest BCUT2D eigenvalue weighted by molar-refractivity contribution is 5.75. The Morgan fingerprint density at radius 3 is 2.90 bits per heavy atom. The highest BCUT2D eigenvalue weighted by Crippen LogP contribution is 1.92. The number of carbonyl (C=O) groups is 1. The van der Waals surface area contributed by atoms with Gasteiger partial charge in [0.15, 0.2) is 18.9 Å². The molecule has 2 aromatic rings. The van der Waals surface area contributed by atoms with Crippen LogP contribution >= 0.6 is 0 Å². The van der Waals surface area contributed by atoms with Gasteiger partial charge in [-0.1, -0.05) is 0 Å².